The van der Waals surface area contributed by atoms with Crippen LogP contribution >= 0.6 is 0 Å². The van der Waals surface area contributed by atoms with Gasteiger partial charge in [-0.2, -0.15) is 5.10 Å². The van der Waals surface area contributed by atoms with Crippen LogP contribution < -0.4 is 14.5 Å². The maximum absolute atomic E-state index is 13.1. The Labute approximate surface area is 158 Å². The molecule has 0 saturated carbocycles. The lowest BCUT2D eigenvalue weighted by Crippen LogP contribution is -2.45. The van der Waals surface area contributed by atoms with Crippen LogP contribution in [0.15, 0.2) is 65.8 Å². The Hall–Kier alpha value is -3.08. The zero-order chi connectivity index (χ0) is 18.8. The van der Waals surface area contributed by atoms with E-state index in [9.17, 15) is 4.79 Å². The molecule has 0 radical (unpaired) electrons. The predicted molar refractivity (Wildman–Crippen MR) is 105 cm³/mol. The molecule has 1 aliphatic carbocycles. The predicted octanol–water partition coefficient (Wildman–Crippen LogP) is 4.04. The zero-order valence-electron chi connectivity index (χ0n) is 15.5. The largest absolute Gasteiger partial charge is 0.493 e. The lowest BCUT2D eigenvalue weighted by Gasteiger charge is -2.37. The fourth-order valence-electron chi connectivity index (χ4n) is 3.80. The molecule has 1 heterocycles. The van der Waals surface area contributed by atoms with Crippen LogP contribution in [0.1, 0.15) is 18.4 Å². The van der Waals surface area contributed by atoms with Gasteiger partial charge in [0.15, 0.2) is 11.5 Å². The number of carbonyl (C=O) groups is 1. The van der Waals surface area contributed by atoms with E-state index in [1.54, 1.807) is 19.2 Å². The highest BCUT2D eigenvalue weighted by atomic mass is 16.5. The van der Waals surface area contributed by atoms with Gasteiger partial charge in [0.1, 0.15) is 0 Å². The maximum Gasteiger partial charge on any atom is 0.251 e. The van der Waals surface area contributed by atoms with Gasteiger partial charge >= 0.3 is 0 Å². The first kappa shape index (κ1) is 17.3. The third-order valence-electron chi connectivity index (χ3n) is 5.20. The van der Waals surface area contributed by atoms with Gasteiger partial charge in [-0.25, -0.2) is 5.01 Å². The number of para-hydroxylation sites is 1. The molecule has 1 amide bonds. The Balaban J connectivity index is 1.83. The number of methoxy groups -OCH3 is 2. The average molecular weight is 362 g/mol. The Bertz CT molecular complexity index is 905. The highest BCUT2D eigenvalue weighted by Crippen LogP contribution is 2.38. The number of amides is 1. The van der Waals surface area contributed by atoms with Crippen molar-refractivity contribution >= 4 is 17.3 Å². The van der Waals surface area contributed by atoms with Crippen molar-refractivity contribution in [2.45, 2.75) is 12.8 Å². The summed E-state index contributed by atoms with van der Waals surface area (Å²) in [5.74, 6) is 1.36. The van der Waals surface area contributed by atoms with Gasteiger partial charge in [0.2, 0.25) is 0 Å². The molecule has 0 fully saturated rings. The first-order valence-corrected chi connectivity index (χ1v) is 9.08. The molecule has 5 heteroatoms. The van der Waals surface area contributed by atoms with Gasteiger partial charge in [0, 0.05) is 11.5 Å². The summed E-state index contributed by atoms with van der Waals surface area (Å²) in [6, 6.07) is 15.4. The van der Waals surface area contributed by atoms with E-state index >= 15 is 0 Å². The molecule has 0 bridgehead atoms. The third kappa shape index (κ3) is 3.10. The van der Waals surface area contributed by atoms with Crippen LogP contribution in [-0.2, 0) is 4.79 Å². The lowest BCUT2D eigenvalue weighted by molar-refractivity contribution is -0.123. The van der Waals surface area contributed by atoms with Gasteiger partial charge in [-0.1, -0.05) is 30.4 Å². The van der Waals surface area contributed by atoms with Crippen LogP contribution in [0.2, 0.25) is 0 Å². The van der Waals surface area contributed by atoms with Gasteiger partial charge in [-0.3, -0.25) is 4.79 Å². The maximum atomic E-state index is 13.1. The SMILES string of the molecule is COc1ccc(C2=NN(c3ccccc3)C(=O)[C@H]3CC=CC[C@@H]23)cc1OC. The molecule has 2 aromatic carbocycles. The smallest absolute Gasteiger partial charge is 0.251 e. The van der Waals surface area contributed by atoms with Gasteiger partial charge in [0.05, 0.1) is 31.5 Å². The van der Waals surface area contributed by atoms with Crippen LogP contribution in [0.5, 0.6) is 11.5 Å². The summed E-state index contributed by atoms with van der Waals surface area (Å²) in [5.41, 5.74) is 2.65. The molecule has 0 spiro atoms. The number of nitrogens with zero attached hydrogens (tertiary/aromatic N) is 2. The molecule has 27 heavy (non-hydrogen) atoms. The van der Waals surface area contributed by atoms with E-state index in [1.165, 1.54) is 0 Å². The van der Waals surface area contributed by atoms with Gasteiger partial charge in [-0.15, -0.1) is 0 Å². The van der Waals surface area contributed by atoms with Crippen molar-refractivity contribution in [3.63, 3.8) is 0 Å². The first-order chi connectivity index (χ1) is 13.2. The summed E-state index contributed by atoms with van der Waals surface area (Å²) in [6.07, 6.45) is 5.79. The van der Waals surface area contributed by atoms with E-state index in [2.05, 4.69) is 12.2 Å². The van der Waals surface area contributed by atoms with Crippen LogP contribution in [0.3, 0.4) is 0 Å². The van der Waals surface area contributed by atoms with E-state index in [-0.39, 0.29) is 17.7 Å². The Kier molecular flexibility index (Phi) is 4.67. The monoisotopic (exact) mass is 362 g/mol. The molecule has 2 atom stereocenters. The topological polar surface area (TPSA) is 51.1 Å². The molecule has 138 valence electrons. The fourth-order valence-corrected chi connectivity index (χ4v) is 3.80. The second-order valence-corrected chi connectivity index (χ2v) is 6.70. The highest BCUT2D eigenvalue weighted by molar-refractivity contribution is 6.11. The number of rotatable bonds is 4. The summed E-state index contributed by atoms with van der Waals surface area (Å²) >= 11 is 0. The first-order valence-electron chi connectivity index (χ1n) is 9.08. The van der Waals surface area contributed by atoms with Crippen molar-refractivity contribution in [2.75, 3.05) is 19.2 Å². The Morgan fingerprint density at radius 3 is 2.33 bits per heavy atom. The minimum Gasteiger partial charge on any atom is -0.493 e. The summed E-state index contributed by atoms with van der Waals surface area (Å²) in [7, 11) is 3.24. The second-order valence-electron chi connectivity index (χ2n) is 6.70. The van der Waals surface area contributed by atoms with E-state index in [1.807, 2.05) is 48.5 Å². The minimum absolute atomic E-state index is 0.0553. The van der Waals surface area contributed by atoms with Crippen LogP contribution in [-0.4, -0.2) is 25.8 Å². The molecule has 2 aromatic rings. The van der Waals surface area contributed by atoms with E-state index in [0.717, 1.165) is 29.8 Å². The summed E-state index contributed by atoms with van der Waals surface area (Å²) in [5, 5.41) is 6.34. The van der Waals surface area contributed by atoms with Crippen LogP contribution in [0, 0.1) is 11.8 Å². The number of anilines is 1. The standard InChI is InChI=1S/C22H22N2O3/c1-26-19-13-12-15(14-20(19)27-2)21-17-10-6-7-11-18(17)22(25)24(23-21)16-8-4-3-5-9-16/h3-9,12-14,17-18H,10-11H2,1-2H3/t17-,18+/m1/s1. The van der Waals surface area contributed by atoms with E-state index in [4.69, 9.17) is 14.6 Å². The molecule has 0 unspecified atom stereocenters. The van der Waals surface area contributed by atoms with Crippen molar-refractivity contribution < 1.29 is 14.3 Å². The van der Waals surface area contributed by atoms with Crippen LogP contribution in [0.4, 0.5) is 5.69 Å². The molecule has 4 rings (SSSR count). The molecule has 1 aliphatic heterocycles. The van der Waals surface area contributed by atoms with Crippen LogP contribution in [0.25, 0.3) is 0 Å². The summed E-state index contributed by atoms with van der Waals surface area (Å²) < 4.78 is 10.8. The minimum atomic E-state index is -0.101. The van der Waals surface area contributed by atoms with Crippen molar-refractivity contribution in [1.82, 2.24) is 0 Å². The lowest BCUT2D eigenvalue weighted by atomic mass is 9.76. The van der Waals surface area contributed by atoms with Crippen molar-refractivity contribution in [3.05, 3.63) is 66.2 Å². The number of carbonyl (C=O) groups excluding carboxylic acids is 1. The Morgan fingerprint density at radius 2 is 1.63 bits per heavy atom. The number of allylic oxidation sites excluding steroid dienone is 2. The summed E-state index contributed by atoms with van der Waals surface area (Å²) in [4.78, 5) is 13.1. The molecular formula is C22H22N2O3. The fraction of sp³-hybridized carbons (Fsp3) is 0.273. The van der Waals surface area contributed by atoms with Crippen molar-refractivity contribution in [1.29, 1.82) is 0 Å². The van der Waals surface area contributed by atoms with Gasteiger partial charge in [-0.05, 0) is 43.2 Å². The number of hydrogen-bond donors (Lipinski definition) is 0. The number of fused-ring (bicyclic) bond motifs is 1. The van der Waals surface area contributed by atoms with Gasteiger partial charge in [0.25, 0.3) is 5.91 Å². The number of hydrogen-bond acceptors (Lipinski definition) is 4. The average Bonchev–Trinajstić information content (AvgIpc) is 2.74. The molecular weight excluding hydrogens is 340 g/mol. The van der Waals surface area contributed by atoms with Crippen molar-refractivity contribution in [2.24, 2.45) is 16.9 Å². The van der Waals surface area contributed by atoms with E-state index < -0.39 is 0 Å². The zero-order valence-corrected chi connectivity index (χ0v) is 15.5. The Morgan fingerprint density at radius 1 is 0.926 bits per heavy atom. The quantitative estimate of drug-likeness (QED) is 0.772. The van der Waals surface area contributed by atoms with Crippen molar-refractivity contribution in [3.8, 4) is 11.5 Å². The third-order valence-corrected chi connectivity index (χ3v) is 5.20. The highest BCUT2D eigenvalue weighted by Gasteiger charge is 2.40. The molecule has 0 N–H and O–H groups in total. The summed E-state index contributed by atoms with van der Waals surface area (Å²) in [6.45, 7) is 0. The molecule has 0 saturated heterocycles. The molecule has 5 nitrogen and oxygen atoms in total. The number of hydrazone groups is 1. The molecule has 0 aromatic heterocycles. The normalized spacial score (nSPS) is 21.5. The molecule has 2 aliphatic rings. The van der Waals surface area contributed by atoms with Gasteiger partial charge < -0.3 is 9.47 Å². The number of ether oxygens (including phenoxy) is 2. The van der Waals surface area contributed by atoms with E-state index in [0.29, 0.717) is 11.5 Å². The number of benzene rings is 2. The second kappa shape index (κ2) is 7.27.